The fourth-order valence-corrected chi connectivity index (χ4v) is 2.47. The van der Waals surface area contributed by atoms with Crippen molar-refractivity contribution in [2.75, 3.05) is 0 Å². The van der Waals surface area contributed by atoms with Gasteiger partial charge < -0.3 is 0 Å². The summed E-state index contributed by atoms with van der Waals surface area (Å²) in [6, 6.07) is 6.37. The van der Waals surface area contributed by atoms with Gasteiger partial charge in [-0.05, 0) is 37.8 Å². The number of nitrogens with zero attached hydrogens (tertiary/aromatic N) is 2. The van der Waals surface area contributed by atoms with Gasteiger partial charge in [-0.15, -0.1) is 0 Å². The Morgan fingerprint density at radius 2 is 1.94 bits per heavy atom. The lowest BCUT2D eigenvalue weighted by atomic mass is 10.2. The number of benzene rings is 1. The van der Waals surface area contributed by atoms with Crippen LogP contribution in [0.3, 0.4) is 0 Å². The van der Waals surface area contributed by atoms with Gasteiger partial charge >= 0.3 is 0 Å². The predicted octanol–water partition coefficient (Wildman–Crippen LogP) is 2.50. The second kappa shape index (κ2) is 3.83. The maximum Gasteiger partial charge on any atom is 0.275 e. The third kappa shape index (κ3) is 1.52. The standard InChI is InChI=1S/C14H15FN2O/c1-9-13(10-7-8-10)14(18)17(16(9)2)12-6-4-3-5-11(12)15/h3-6,10H,7-8H2,1-2H3. The average Bonchev–Trinajstić information content (AvgIpc) is 3.13. The van der Waals surface area contributed by atoms with E-state index in [1.54, 1.807) is 29.9 Å². The van der Waals surface area contributed by atoms with E-state index < -0.39 is 0 Å². The van der Waals surface area contributed by atoms with Crippen molar-refractivity contribution < 1.29 is 4.39 Å². The smallest absolute Gasteiger partial charge is 0.275 e. The second-order valence-electron chi connectivity index (χ2n) is 4.87. The van der Waals surface area contributed by atoms with Crippen LogP contribution in [0.4, 0.5) is 4.39 Å². The summed E-state index contributed by atoms with van der Waals surface area (Å²) in [5.41, 5.74) is 2.02. The third-order valence-corrected chi connectivity index (χ3v) is 3.66. The molecule has 0 N–H and O–H groups in total. The molecular formula is C14H15FN2O. The van der Waals surface area contributed by atoms with Gasteiger partial charge in [0.05, 0.1) is 0 Å². The first-order chi connectivity index (χ1) is 8.61. The fourth-order valence-electron chi connectivity index (χ4n) is 2.47. The Bertz CT molecular complexity index is 665. The summed E-state index contributed by atoms with van der Waals surface area (Å²) in [7, 11) is 1.80. The van der Waals surface area contributed by atoms with Gasteiger partial charge in [0.25, 0.3) is 5.56 Å². The molecule has 0 atom stereocenters. The monoisotopic (exact) mass is 246 g/mol. The highest BCUT2D eigenvalue weighted by molar-refractivity contribution is 5.36. The molecule has 4 heteroatoms. The van der Waals surface area contributed by atoms with Crippen molar-refractivity contribution >= 4 is 0 Å². The molecule has 1 aromatic heterocycles. The molecule has 1 fully saturated rings. The quantitative estimate of drug-likeness (QED) is 0.799. The van der Waals surface area contributed by atoms with Crippen molar-refractivity contribution in [3.8, 4) is 5.69 Å². The summed E-state index contributed by atoms with van der Waals surface area (Å²) < 4.78 is 17.0. The Kier molecular flexibility index (Phi) is 2.40. The molecule has 0 aliphatic heterocycles. The van der Waals surface area contributed by atoms with Crippen molar-refractivity contribution in [1.29, 1.82) is 0 Å². The number of aromatic nitrogens is 2. The topological polar surface area (TPSA) is 26.9 Å². The first-order valence-corrected chi connectivity index (χ1v) is 6.14. The molecule has 2 aromatic rings. The number of halogens is 1. The van der Waals surface area contributed by atoms with Gasteiger partial charge in [-0.1, -0.05) is 12.1 Å². The molecule has 3 nitrogen and oxygen atoms in total. The number of para-hydroxylation sites is 1. The minimum absolute atomic E-state index is 0.0809. The first-order valence-electron chi connectivity index (χ1n) is 6.14. The van der Waals surface area contributed by atoms with Crippen molar-refractivity contribution in [2.45, 2.75) is 25.7 Å². The van der Waals surface area contributed by atoms with Gasteiger partial charge in [0.15, 0.2) is 0 Å². The molecule has 0 unspecified atom stereocenters. The van der Waals surface area contributed by atoms with E-state index in [0.29, 0.717) is 11.6 Å². The summed E-state index contributed by atoms with van der Waals surface area (Å²) in [5.74, 6) is -0.000676. The molecule has 0 radical (unpaired) electrons. The van der Waals surface area contributed by atoms with E-state index in [0.717, 1.165) is 24.1 Å². The molecule has 0 spiro atoms. The zero-order chi connectivity index (χ0) is 12.9. The highest BCUT2D eigenvalue weighted by Gasteiger charge is 2.31. The molecule has 18 heavy (non-hydrogen) atoms. The SMILES string of the molecule is Cc1c(C2CC2)c(=O)n(-c2ccccc2F)n1C. The summed E-state index contributed by atoms with van der Waals surface area (Å²) in [6.45, 7) is 1.92. The van der Waals surface area contributed by atoms with E-state index in [2.05, 4.69) is 0 Å². The summed E-state index contributed by atoms with van der Waals surface area (Å²) in [5, 5.41) is 0. The lowest BCUT2D eigenvalue weighted by Crippen LogP contribution is -2.21. The molecule has 1 saturated carbocycles. The van der Waals surface area contributed by atoms with Crippen molar-refractivity contribution in [3.63, 3.8) is 0 Å². The summed E-state index contributed by atoms with van der Waals surface area (Å²) in [6.07, 6.45) is 2.13. The van der Waals surface area contributed by atoms with E-state index in [1.165, 1.54) is 10.7 Å². The molecular weight excluding hydrogens is 231 g/mol. The number of hydrogen-bond acceptors (Lipinski definition) is 1. The van der Waals surface area contributed by atoms with E-state index in [4.69, 9.17) is 0 Å². The van der Waals surface area contributed by atoms with Gasteiger partial charge in [-0.25, -0.2) is 9.07 Å². The van der Waals surface area contributed by atoms with Crippen LogP contribution in [0.25, 0.3) is 5.69 Å². The van der Waals surface area contributed by atoms with Gasteiger partial charge in [-0.2, -0.15) is 0 Å². The number of rotatable bonds is 2. The lowest BCUT2D eigenvalue weighted by molar-refractivity contribution is 0.570. The lowest BCUT2D eigenvalue weighted by Gasteiger charge is -2.08. The van der Waals surface area contributed by atoms with Crippen LogP contribution >= 0.6 is 0 Å². The highest BCUT2D eigenvalue weighted by atomic mass is 19.1. The molecule has 0 bridgehead atoms. The Morgan fingerprint density at radius 3 is 2.56 bits per heavy atom. The highest BCUT2D eigenvalue weighted by Crippen LogP contribution is 2.40. The van der Waals surface area contributed by atoms with Crippen LogP contribution < -0.4 is 5.56 Å². The van der Waals surface area contributed by atoms with Gasteiger partial charge in [-0.3, -0.25) is 9.48 Å². The van der Waals surface area contributed by atoms with Gasteiger partial charge in [0, 0.05) is 18.3 Å². The third-order valence-electron chi connectivity index (χ3n) is 3.66. The van der Waals surface area contributed by atoms with E-state index in [9.17, 15) is 9.18 Å². The minimum Gasteiger partial charge on any atom is -0.285 e. The molecule has 3 rings (SSSR count). The molecule has 1 aliphatic rings. The maximum absolute atomic E-state index is 13.8. The molecule has 1 aromatic carbocycles. The van der Waals surface area contributed by atoms with Gasteiger partial charge in [0.2, 0.25) is 0 Å². The van der Waals surface area contributed by atoms with Crippen molar-refractivity contribution in [3.05, 3.63) is 51.7 Å². The van der Waals surface area contributed by atoms with Crippen LogP contribution in [0.1, 0.15) is 30.0 Å². The van der Waals surface area contributed by atoms with Crippen molar-refractivity contribution in [2.24, 2.45) is 7.05 Å². The summed E-state index contributed by atoms with van der Waals surface area (Å²) >= 11 is 0. The number of hydrogen-bond donors (Lipinski definition) is 0. The predicted molar refractivity (Wildman–Crippen MR) is 67.7 cm³/mol. The average molecular weight is 246 g/mol. The Morgan fingerprint density at radius 1 is 1.28 bits per heavy atom. The molecule has 0 saturated heterocycles. The molecule has 0 amide bonds. The van der Waals surface area contributed by atoms with Crippen LogP contribution in [-0.2, 0) is 7.05 Å². The Balaban J connectivity index is 2.28. The molecule has 1 aliphatic carbocycles. The van der Waals surface area contributed by atoms with Crippen LogP contribution in [0.15, 0.2) is 29.1 Å². The van der Waals surface area contributed by atoms with Crippen LogP contribution in [0.2, 0.25) is 0 Å². The second-order valence-corrected chi connectivity index (χ2v) is 4.87. The molecule has 94 valence electrons. The van der Waals surface area contributed by atoms with E-state index in [1.807, 2.05) is 6.92 Å². The fraction of sp³-hybridized carbons (Fsp3) is 0.357. The van der Waals surface area contributed by atoms with Crippen molar-refractivity contribution in [1.82, 2.24) is 9.36 Å². The zero-order valence-electron chi connectivity index (χ0n) is 10.5. The largest absolute Gasteiger partial charge is 0.285 e. The normalized spacial score (nSPS) is 15.1. The molecule has 1 heterocycles. The summed E-state index contributed by atoms with van der Waals surface area (Å²) in [4.78, 5) is 12.4. The van der Waals surface area contributed by atoms with Crippen LogP contribution in [0.5, 0.6) is 0 Å². The Hall–Kier alpha value is -1.84. The minimum atomic E-state index is -0.373. The van der Waals surface area contributed by atoms with E-state index in [-0.39, 0.29) is 11.4 Å². The first kappa shape index (κ1) is 11.3. The Labute approximate surface area is 104 Å². The zero-order valence-corrected chi connectivity index (χ0v) is 10.5. The van der Waals surface area contributed by atoms with Crippen LogP contribution in [0, 0.1) is 12.7 Å². The van der Waals surface area contributed by atoms with Gasteiger partial charge in [0.1, 0.15) is 11.5 Å². The van der Waals surface area contributed by atoms with E-state index >= 15 is 0 Å². The maximum atomic E-state index is 13.8. The van der Waals surface area contributed by atoms with Crippen LogP contribution in [-0.4, -0.2) is 9.36 Å².